The number of aryl methyl sites for hydroxylation is 1. The maximum Gasteiger partial charge on any atom is 0.0363 e. The van der Waals surface area contributed by atoms with Crippen LogP contribution in [0.25, 0.3) is 0 Å². The molecule has 1 unspecified atom stereocenters. The lowest BCUT2D eigenvalue weighted by molar-refractivity contribution is 0.376. The van der Waals surface area contributed by atoms with Crippen molar-refractivity contribution in [1.82, 2.24) is 5.32 Å². The van der Waals surface area contributed by atoms with Gasteiger partial charge >= 0.3 is 0 Å². The van der Waals surface area contributed by atoms with Gasteiger partial charge in [-0.2, -0.15) is 0 Å². The lowest BCUT2D eigenvalue weighted by Gasteiger charge is -2.28. The van der Waals surface area contributed by atoms with E-state index in [0.29, 0.717) is 11.8 Å². The highest BCUT2D eigenvalue weighted by atomic mass is 15.1. The molecule has 0 bridgehead atoms. The molecule has 0 spiro atoms. The van der Waals surface area contributed by atoms with Gasteiger partial charge in [0, 0.05) is 19.3 Å². The van der Waals surface area contributed by atoms with Crippen LogP contribution in [0.15, 0.2) is 24.3 Å². The Hall–Kier alpha value is -1.02. The van der Waals surface area contributed by atoms with E-state index in [1.807, 2.05) is 7.05 Å². The molecular formula is C16H28N2. The van der Waals surface area contributed by atoms with Crippen LogP contribution in [0.5, 0.6) is 0 Å². The molecule has 0 aromatic heterocycles. The van der Waals surface area contributed by atoms with Gasteiger partial charge in [-0.15, -0.1) is 0 Å². The predicted octanol–water partition coefficient (Wildman–Crippen LogP) is 3.18. The van der Waals surface area contributed by atoms with Gasteiger partial charge in [0.25, 0.3) is 0 Å². The molecule has 1 atom stereocenters. The Bertz CT molecular complexity index is 329. The number of nitrogens with one attached hydrogen (secondary N) is 1. The van der Waals surface area contributed by atoms with Crippen LogP contribution in [0.2, 0.25) is 0 Å². The van der Waals surface area contributed by atoms with Crippen molar-refractivity contribution in [3.8, 4) is 0 Å². The first kappa shape index (κ1) is 15.0. The second kappa shape index (κ2) is 7.42. The molecule has 0 fully saturated rings. The van der Waals surface area contributed by atoms with E-state index in [2.05, 4.69) is 62.3 Å². The lowest BCUT2D eigenvalue weighted by Crippen LogP contribution is -2.34. The third-order valence-electron chi connectivity index (χ3n) is 3.70. The summed E-state index contributed by atoms with van der Waals surface area (Å²) in [7, 11) is 4.22. The van der Waals surface area contributed by atoms with Crippen LogP contribution >= 0.6 is 0 Å². The smallest absolute Gasteiger partial charge is 0.0363 e. The highest BCUT2D eigenvalue weighted by molar-refractivity contribution is 5.46. The summed E-state index contributed by atoms with van der Waals surface area (Å²) in [6, 6.07) is 8.92. The standard InChI is InChI=1S/C16H28N2/c1-6-14-7-9-16(10-8-14)18(5)12-15(11-17-4)13(2)3/h7-10,13,15,17H,6,11-12H2,1-5H3. The van der Waals surface area contributed by atoms with Crippen LogP contribution < -0.4 is 10.2 Å². The van der Waals surface area contributed by atoms with Crippen LogP contribution in [0.1, 0.15) is 26.3 Å². The molecule has 2 nitrogen and oxygen atoms in total. The predicted molar refractivity (Wildman–Crippen MR) is 81.3 cm³/mol. The normalized spacial score (nSPS) is 12.8. The molecule has 1 rings (SSSR count). The molecule has 0 amide bonds. The minimum Gasteiger partial charge on any atom is -0.374 e. The number of hydrogen-bond donors (Lipinski definition) is 1. The molecule has 0 saturated carbocycles. The molecule has 0 radical (unpaired) electrons. The summed E-state index contributed by atoms with van der Waals surface area (Å²) in [4.78, 5) is 2.36. The van der Waals surface area contributed by atoms with Gasteiger partial charge < -0.3 is 10.2 Å². The van der Waals surface area contributed by atoms with E-state index in [9.17, 15) is 0 Å². The minimum atomic E-state index is 0.686. The van der Waals surface area contributed by atoms with E-state index in [1.165, 1.54) is 11.3 Å². The van der Waals surface area contributed by atoms with E-state index in [1.54, 1.807) is 0 Å². The second-order valence-corrected chi connectivity index (χ2v) is 5.46. The number of benzene rings is 1. The first-order chi connectivity index (χ1) is 8.58. The Kier molecular flexibility index (Phi) is 6.20. The summed E-state index contributed by atoms with van der Waals surface area (Å²) in [5, 5.41) is 3.30. The quantitative estimate of drug-likeness (QED) is 0.797. The Balaban J connectivity index is 2.64. The van der Waals surface area contributed by atoms with Gasteiger partial charge in [0.2, 0.25) is 0 Å². The van der Waals surface area contributed by atoms with Crippen LogP contribution in [-0.2, 0) is 6.42 Å². The molecular weight excluding hydrogens is 220 g/mol. The van der Waals surface area contributed by atoms with Crippen molar-refractivity contribution in [2.75, 3.05) is 32.1 Å². The van der Waals surface area contributed by atoms with Crippen molar-refractivity contribution >= 4 is 5.69 Å². The summed E-state index contributed by atoms with van der Waals surface area (Å²) in [5.74, 6) is 1.39. The van der Waals surface area contributed by atoms with Crippen molar-refractivity contribution in [1.29, 1.82) is 0 Å². The minimum absolute atomic E-state index is 0.686. The van der Waals surface area contributed by atoms with Crippen molar-refractivity contribution in [2.45, 2.75) is 27.2 Å². The molecule has 1 aromatic rings. The number of hydrogen-bond acceptors (Lipinski definition) is 2. The van der Waals surface area contributed by atoms with Gasteiger partial charge in [0.05, 0.1) is 0 Å². The molecule has 0 aliphatic carbocycles. The van der Waals surface area contributed by atoms with Crippen LogP contribution in [0, 0.1) is 11.8 Å². The molecule has 18 heavy (non-hydrogen) atoms. The third kappa shape index (κ3) is 4.34. The topological polar surface area (TPSA) is 15.3 Å². The fourth-order valence-corrected chi connectivity index (χ4v) is 2.22. The van der Waals surface area contributed by atoms with Crippen molar-refractivity contribution < 1.29 is 0 Å². The fourth-order valence-electron chi connectivity index (χ4n) is 2.22. The SMILES string of the molecule is CCc1ccc(N(C)CC(CNC)C(C)C)cc1. The van der Waals surface area contributed by atoms with Crippen molar-refractivity contribution in [2.24, 2.45) is 11.8 Å². The molecule has 1 aromatic carbocycles. The van der Waals surface area contributed by atoms with Crippen LogP contribution in [0.3, 0.4) is 0 Å². The van der Waals surface area contributed by atoms with Crippen LogP contribution in [-0.4, -0.2) is 27.2 Å². The van der Waals surface area contributed by atoms with Crippen molar-refractivity contribution in [3.05, 3.63) is 29.8 Å². The third-order valence-corrected chi connectivity index (χ3v) is 3.70. The first-order valence-corrected chi connectivity index (χ1v) is 7.03. The highest BCUT2D eigenvalue weighted by Gasteiger charge is 2.15. The number of anilines is 1. The largest absolute Gasteiger partial charge is 0.374 e. The first-order valence-electron chi connectivity index (χ1n) is 7.03. The Labute approximate surface area is 112 Å². The van der Waals surface area contributed by atoms with Gasteiger partial charge in [-0.05, 0) is 49.5 Å². The molecule has 0 heterocycles. The highest BCUT2D eigenvalue weighted by Crippen LogP contribution is 2.18. The zero-order chi connectivity index (χ0) is 13.5. The van der Waals surface area contributed by atoms with Gasteiger partial charge in [-0.3, -0.25) is 0 Å². The lowest BCUT2D eigenvalue weighted by atomic mass is 9.95. The van der Waals surface area contributed by atoms with Gasteiger partial charge in [-0.1, -0.05) is 32.9 Å². The maximum atomic E-state index is 3.30. The Morgan fingerprint density at radius 3 is 2.22 bits per heavy atom. The number of nitrogens with zero attached hydrogens (tertiary/aromatic N) is 1. The van der Waals surface area contributed by atoms with E-state index >= 15 is 0 Å². The Morgan fingerprint density at radius 2 is 1.78 bits per heavy atom. The van der Waals surface area contributed by atoms with E-state index in [0.717, 1.165) is 19.5 Å². The molecule has 0 saturated heterocycles. The van der Waals surface area contributed by atoms with E-state index < -0.39 is 0 Å². The number of rotatable bonds is 7. The van der Waals surface area contributed by atoms with Gasteiger partial charge in [-0.25, -0.2) is 0 Å². The zero-order valence-corrected chi connectivity index (χ0v) is 12.5. The van der Waals surface area contributed by atoms with E-state index in [-0.39, 0.29) is 0 Å². The Morgan fingerprint density at radius 1 is 1.17 bits per heavy atom. The average Bonchev–Trinajstić information content (AvgIpc) is 2.38. The summed E-state index contributed by atoms with van der Waals surface area (Å²) in [6.45, 7) is 8.98. The van der Waals surface area contributed by atoms with Crippen molar-refractivity contribution in [3.63, 3.8) is 0 Å². The fraction of sp³-hybridized carbons (Fsp3) is 0.625. The summed E-state index contributed by atoms with van der Waals surface area (Å²) in [6.07, 6.45) is 1.11. The monoisotopic (exact) mass is 248 g/mol. The molecule has 2 heteroatoms. The second-order valence-electron chi connectivity index (χ2n) is 5.46. The summed E-state index contributed by atoms with van der Waals surface area (Å²) >= 11 is 0. The maximum absolute atomic E-state index is 3.30. The van der Waals surface area contributed by atoms with E-state index in [4.69, 9.17) is 0 Å². The van der Waals surface area contributed by atoms with Gasteiger partial charge in [0.1, 0.15) is 0 Å². The average molecular weight is 248 g/mol. The summed E-state index contributed by atoms with van der Waals surface area (Å²) < 4.78 is 0. The molecule has 0 aliphatic heterocycles. The molecule has 102 valence electrons. The molecule has 1 N–H and O–H groups in total. The van der Waals surface area contributed by atoms with Gasteiger partial charge in [0.15, 0.2) is 0 Å². The summed E-state index contributed by atoms with van der Waals surface area (Å²) in [5.41, 5.74) is 2.72. The molecule has 0 aliphatic rings. The van der Waals surface area contributed by atoms with Crippen LogP contribution in [0.4, 0.5) is 5.69 Å². The zero-order valence-electron chi connectivity index (χ0n) is 12.5.